The summed E-state index contributed by atoms with van der Waals surface area (Å²) in [4.78, 5) is 14.9. The summed E-state index contributed by atoms with van der Waals surface area (Å²) in [5.74, 6) is 0.232. The molecule has 1 unspecified atom stereocenters. The summed E-state index contributed by atoms with van der Waals surface area (Å²) in [6.45, 7) is 0.153. The number of benzene rings is 3. The van der Waals surface area contributed by atoms with Gasteiger partial charge in [-0.25, -0.2) is 9.18 Å². The van der Waals surface area contributed by atoms with E-state index in [0.29, 0.717) is 17.9 Å². The zero-order valence-corrected chi connectivity index (χ0v) is 18.1. The molecule has 1 atom stereocenters. The van der Waals surface area contributed by atoms with Gasteiger partial charge in [-0.3, -0.25) is 4.90 Å². The fourth-order valence-electron chi connectivity index (χ4n) is 3.86. The van der Waals surface area contributed by atoms with E-state index in [1.807, 2.05) is 48.5 Å². The van der Waals surface area contributed by atoms with Crippen LogP contribution in [0.5, 0.6) is 5.75 Å². The molecule has 6 heteroatoms. The first kappa shape index (κ1) is 20.4. The molecular weight excluding hydrogens is 449 g/mol. The van der Waals surface area contributed by atoms with E-state index >= 15 is 0 Å². The maximum Gasteiger partial charge on any atom is 0.415 e. The van der Waals surface area contributed by atoms with Crippen LogP contribution in [-0.2, 0) is 17.8 Å². The predicted octanol–water partition coefficient (Wildman–Crippen LogP) is 6.43. The Morgan fingerprint density at radius 1 is 1.13 bits per heavy atom. The Labute approximate surface area is 183 Å². The smallest absolute Gasteiger partial charge is 0.415 e. The van der Waals surface area contributed by atoms with Crippen molar-refractivity contribution in [3.63, 3.8) is 0 Å². The summed E-state index contributed by atoms with van der Waals surface area (Å²) in [6, 6.07) is 19.3. The van der Waals surface area contributed by atoms with Crippen molar-refractivity contribution < 1.29 is 18.7 Å². The highest BCUT2D eigenvalue weighted by molar-refractivity contribution is 9.10. The Morgan fingerprint density at radius 2 is 1.93 bits per heavy atom. The minimum atomic E-state index is -0.491. The normalized spacial score (nSPS) is 15.4. The highest BCUT2D eigenvalue weighted by Crippen LogP contribution is 2.45. The third kappa shape index (κ3) is 4.19. The molecule has 0 fully saturated rings. The first-order valence-corrected chi connectivity index (χ1v) is 10.5. The van der Waals surface area contributed by atoms with Gasteiger partial charge in [0.1, 0.15) is 18.2 Å². The van der Waals surface area contributed by atoms with Gasteiger partial charge in [-0.1, -0.05) is 58.4 Å². The summed E-state index contributed by atoms with van der Waals surface area (Å²) in [7, 11) is 1.57. The van der Waals surface area contributed by atoms with Crippen molar-refractivity contribution in [2.75, 3.05) is 12.0 Å². The molecule has 4 rings (SSSR count). The number of anilines is 1. The number of methoxy groups -OCH3 is 1. The molecule has 1 aliphatic rings. The molecular formula is C24H21BrFNO3. The second-order valence-electron chi connectivity index (χ2n) is 7.14. The summed E-state index contributed by atoms with van der Waals surface area (Å²) < 4.78 is 26.1. The summed E-state index contributed by atoms with van der Waals surface area (Å²) in [5, 5.41) is 0. The highest BCUT2D eigenvalue weighted by atomic mass is 79.9. The summed E-state index contributed by atoms with van der Waals surface area (Å²) in [6.07, 6.45) is 0.889. The van der Waals surface area contributed by atoms with E-state index in [2.05, 4.69) is 15.9 Å². The van der Waals surface area contributed by atoms with E-state index in [9.17, 15) is 9.18 Å². The van der Waals surface area contributed by atoms with Gasteiger partial charge < -0.3 is 9.47 Å². The zero-order chi connectivity index (χ0) is 21.1. The number of halogens is 2. The Bertz CT molecular complexity index is 1040. The second-order valence-corrected chi connectivity index (χ2v) is 8.05. The molecule has 1 heterocycles. The molecule has 1 aliphatic heterocycles. The quantitative estimate of drug-likeness (QED) is 0.441. The van der Waals surface area contributed by atoms with Gasteiger partial charge in [-0.05, 0) is 53.8 Å². The van der Waals surface area contributed by atoms with E-state index < -0.39 is 6.09 Å². The molecule has 0 spiro atoms. The molecule has 3 aromatic carbocycles. The maximum atomic E-state index is 13.9. The van der Waals surface area contributed by atoms with E-state index in [0.717, 1.165) is 27.6 Å². The Kier molecular flexibility index (Phi) is 6.04. The molecule has 3 aromatic rings. The Morgan fingerprint density at radius 3 is 2.67 bits per heavy atom. The number of hydrogen-bond acceptors (Lipinski definition) is 3. The van der Waals surface area contributed by atoms with Crippen molar-refractivity contribution in [3.8, 4) is 5.75 Å². The molecule has 0 radical (unpaired) electrons. The van der Waals surface area contributed by atoms with Crippen molar-refractivity contribution in [3.05, 3.63) is 93.7 Å². The lowest BCUT2D eigenvalue weighted by atomic mass is 9.91. The highest BCUT2D eigenvalue weighted by Gasteiger charge is 2.36. The monoisotopic (exact) mass is 469 g/mol. The number of carbonyl (C=O) groups excluding carboxylic acids is 1. The van der Waals surface area contributed by atoms with Crippen LogP contribution in [0.2, 0.25) is 0 Å². The van der Waals surface area contributed by atoms with Crippen molar-refractivity contribution in [2.45, 2.75) is 25.5 Å². The Hall–Kier alpha value is -2.86. The predicted molar refractivity (Wildman–Crippen MR) is 117 cm³/mol. The number of carbonyl (C=O) groups is 1. The third-order valence-corrected chi connectivity index (χ3v) is 5.67. The maximum absolute atomic E-state index is 13.9. The number of ether oxygens (including phenoxy) is 2. The van der Waals surface area contributed by atoms with E-state index in [1.165, 1.54) is 12.1 Å². The number of amides is 1. The number of nitrogens with zero attached hydrogens (tertiary/aromatic N) is 1. The van der Waals surface area contributed by atoms with Gasteiger partial charge in [-0.2, -0.15) is 0 Å². The van der Waals surface area contributed by atoms with Gasteiger partial charge in [0.2, 0.25) is 0 Å². The molecule has 30 heavy (non-hydrogen) atoms. The largest absolute Gasteiger partial charge is 0.495 e. The van der Waals surface area contributed by atoms with Crippen LogP contribution in [0.4, 0.5) is 14.9 Å². The summed E-state index contributed by atoms with van der Waals surface area (Å²) >= 11 is 3.51. The SMILES string of the molecule is COc1cc(Br)cc2c1N(C(=O)OCc1ccccc1)C(c1cccc(F)c1)CC2. The second kappa shape index (κ2) is 8.88. The van der Waals surface area contributed by atoms with Crippen molar-refractivity contribution in [1.82, 2.24) is 0 Å². The lowest BCUT2D eigenvalue weighted by Gasteiger charge is -2.37. The van der Waals surface area contributed by atoms with Crippen molar-refractivity contribution in [1.29, 1.82) is 0 Å². The van der Waals surface area contributed by atoms with Crippen LogP contribution in [0.1, 0.15) is 29.2 Å². The van der Waals surface area contributed by atoms with E-state index in [4.69, 9.17) is 9.47 Å². The van der Waals surface area contributed by atoms with Gasteiger partial charge in [-0.15, -0.1) is 0 Å². The first-order valence-electron chi connectivity index (χ1n) is 9.68. The topological polar surface area (TPSA) is 38.8 Å². The van der Waals surface area contributed by atoms with E-state index in [-0.39, 0.29) is 18.5 Å². The average molecular weight is 470 g/mol. The fourth-order valence-corrected chi connectivity index (χ4v) is 4.35. The first-order chi connectivity index (χ1) is 14.6. The molecule has 154 valence electrons. The van der Waals surface area contributed by atoms with Gasteiger partial charge >= 0.3 is 6.09 Å². The third-order valence-electron chi connectivity index (χ3n) is 5.21. The number of hydrogen-bond donors (Lipinski definition) is 0. The molecule has 0 aromatic heterocycles. The van der Waals surface area contributed by atoms with Crippen LogP contribution in [-0.4, -0.2) is 13.2 Å². The zero-order valence-electron chi connectivity index (χ0n) is 16.5. The number of rotatable bonds is 4. The molecule has 0 saturated heterocycles. The average Bonchev–Trinajstić information content (AvgIpc) is 2.76. The lowest BCUT2D eigenvalue weighted by molar-refractivity contribution is 0.143. The molecule has 1 amide bonds. The molecule has 0 saturated carbocycles. The van der Waals surface area contributed by atoms with Crippen LogP contribution in [0.15, 0.2) is 71.2 Å². The van der Waals surface area contributed by atoms with Gasteiger partial charge in [0, 0.05) is 4.47 Å². The van der Waals surface area contributed by atoms with Crippen LogP contribution >= 0.6 is 15.9 Å². The van der Waals surface area contributed by atoms with Crippen LogP contribution < -0.4 is 9.64 Å². The standard InChI is InChI=1S/C24H21BrFNO3/c1-29-22-14-19(25)12-18-10-11-21(17-8-5-9-20(26)13-17)27(23(18)22)24(28)30-15-16-6-3-2-4-7-16/h2-9,12-14,21H,10-11,15H2,1H3. The molecule has 4 nitrogen and oxygen atoms in total. The summed E-state index contributed by atoms with van der Waals surface area (Å²) in [5.41, 5.74) is 3.26. The van der Waals surface area contributed by atoms with Gasteiger partial charge in [0.05, 0.1) is 18.8 Å². The minimum Gasteiger partial charge on any atom is -0.495 e. The van der Waals surface area contributed by atoms with Crippen molar-refractivity contribution in [2.24, 2.45) is 0 Å². The van der Waals surface area contributed by atoms with Crippen LogP contribution in [0, 0.1) is 5.82 Å². The van der Waals surface area contributed by atoms with Crippen LogP contribution in [0.25, 0.3) is 0 Å². The molecule has 0 bridgehead atoms. The number of fused-ring (bicyclic) bond motifs is 1. The minimum absolute atomic E-state index is 0.153. The number of aryl methyl sites for hydroxylation is 1. The van der Waals surface area contributed by atoms with Crippen LogP contribution in [0.3, 0.4) is 0 Å². The molecule has 0 aliphatic carbocycles. The molecule has 0 N–H and O–H groups in total. The lowest BCUT2D eigenvalue weighted by Crippen LogP contribution is -2.39. The fraction of sp³-hybridized carbons (Fsp3) is 0.208. The van der Waals surface area contributed by atoms with E-state index in [1.54, 1.807) is 18.1 Å². The van der Waals surface area contributed by atoms with Gasteiger partial charge in [0.15, 0.2) is 0 Å². The Balaban J connectivity index is 1.73. The van der Waals surface area contributed by atoms with Crippen molar-refractivity contribution >= 4 is 27.7 Å². The van der Waals surface area contributed by atoms with Gasteiger partial charge in [0.25, 0.3) is 0 Å².